The molecule has 1 aromatic carbocycles. The number of nitrogens with one attached hydrogen (secondary N) is 1. The van der Waals surface area contributed by atoms with Crippen LogP contribution in [0.25, 0.3) is 0 Å². The Kier molecular flexibility index (Phi) is 6.54. The van der Waals surface area contributed by atoms with Crippen molar-refractivity contribution in [2.45, 2.75) is 47.3 Å². The lowest BCUT2D eigenvalue weighted by Crippen LogP contribution is -2.33. The van der Waals surface area contributed by atoms with E-state index in [1.165, 1.54) is 34.7 Å². The van der Waals surface area contributed by atoms with E-state index in [0.29, 0.717) is 23.4 Å². The SMILES string of the molecule is Cc1cn([C@H]2C[C@H](n3cc(CSc4ccc(S(N)(=O)=O)cc4)nn3)[C@@H](CO)O2)c(=O)[nH]c1=O. The van der Waals surface area contributed by atoms with Crippen LogP contribution in [-0.4, -0.2) is 50.8 Å². The zero-order valence-corrected chi connectivity index (χ0v) is 19.1. The van der Waals surface area contributed by atoms with Gasteiger partial charge in [-0.05, 0) is 31.2 Å². The molecule has 1 saturated heterocycles. The summed E-state index contributed by atoms with van der Waals surface area (Å²) in [6.07, 6.45) is 2.25. The molecule has 0 spiro atoms. The van der Waals surface area contributed by atoms with Crippen molar-refractivity contribution in [3.8, 4) is 0 Å². The van der Waals surface area contributed by atoms with Crippen LogP contribution in [-0.2, 0) is 20.5 Å². The molecule has 4 rings (SSSR count). The van der Waals surface area contributed by atoms with Crippen LogP contribution in [0.15, 0.2) is 56.0 Å². The van der Waals surface area contributed by atoms with Gasteiger partial charge in [0.05, 0.1) is 23.2 Å². The van der Waals surface area contributed by atoms with E-state index in [9.17, 15) is 23.1 Å². The second kappa shape index (κ2) is 9.23. The fourth-order valence-electron chi connectivity index (χ4n) is 3.55. The first-order chi connectivity index (χ1) is 15.7. The highest BCUT2D eigenvalue weighted by atomic mass is 32.2. The first-order valence-electron chi connectivity index (χ1n) is 9.90. The largest absolute Gasteiger partial charge is 0.394 e. The number of aliphatic hydroxyl groups is 1. The van der Waals surface area contributed by atoms with Crippen molar-refractivity contribution in [1.82, 2.24) is 24.5 Å². The second-order valence-corrected chi connectivity index (χ2v) is 10.2. The Balaban J connectivity index is 1.45. The maximum atomic E-state index is 12.2. The van der Waals surface area contributed by atoms with Crippen molar-refractivity contribution >= 4 is 21.8 Å². The smallest absolute Gasteiger partial charge is 0.330 e. The quantitative estimate of drug-likeness (QED) is 0.379. The number of primary sulfonamides is 1. The van der Waals surface area contributed by atoms with Crippen LogP contribution < -0.4 is 16.4 Å². The van der Waals surface area contributed by atoms with Gasteiger partial charge in [-0.2, -0.15) is 0 Å². The van der Waals surface area contributed by atoms with Gasteiger partial charge in [-0.25, -0.2) is 23.0 Å². The Bertz CT molecular complexity index is 1360. The third kappa shape index (κ3) is 5.09. The molecule has 33 heavy (non-hydrogen) atoms. The van der Waals surface area contributed by atoms with Crippen molar-refractivity contribution in [3.05, 3.63) is 68.8 Å². The predicted octanol–water partition coefficient (Wildman–Crippen LogP) is -0.103. The molecular formula is C19H22N6O6S2. The molecule has 0 aliphatic carbocycles. The number of nitrogens with two attached hydrogens (primary N) is 1. The van der Waals surface area contributed by atoms with Crippen molar-refractivity contribution in [2.75, 3.05) is 6.61 Å². The zero-order chi connectivity index (χ0) is 23.8. The van der Waals surface area contributed by atoms with Crippen LogP contribution >= 0.6 is 11.8 Å². The Labute approximate surface area is 192 Å². The number of aliphatic hydroxyl groups excluding tert-OH is 1. The van der Waals surface area contributed by atoms with Crippen LogP contribution in [0.5, 0.6) is 0 Å². The molecule has 0 amide bonds. The number of ether oxygens (including phenoxy) is 1. The fraction of sp³-hybridized carbons (Fsp3) is 0.368. The molecule has 0 bridgehead atoms. The van der Waals surface area contributed by atoms with Crippen molar-refractivity contribution in [3.63, 3.8) is 0 Å². The predicted molar refractivity (Wildman–Crippen MR) is 118 cm³/mol. The highest BCUT2D eigenvalue weighted by molar-refractivity contribution is 7.98. The van der Waals surface area contributed by atoms with E-state index in [2.05, 4.69) is 15.3 Å². The lowest BCUT2D eigenvalue weighted by atomic mass is 10.1. The molecule has 0 radical (unpaired) electrons. The summed E-state index contributed by atoms with van der Waals surface area (Å²) < 4.78 is 31.5. The van der Waals surface area contributed by atoms with E-state index in [4.69, 9.17) is 9.88 Å². The lowest BCUT2D eigenvalue weighted by molar-refractivity contribution is -0.0323. The van der Waals surface area contributed by atoms with E-state index >= 15 is 0 Å². The number of rotatable bonds is 7. The molecule has 1 aliphatic heterocycles. The van der Waals surface area contributed by atoms with Gasteiger partial charge in [0.1, 0.15) is 12.3 Å². The molecule has 1 fully saturated rings. The van der Waals surface area contributed by atoms with Gasteiger partial charge in [0, 0.05) is 35.0 Å². The fourth-order valence-corrected chi connectivity index (χ4v) is 4.84. The Morgan fingerprint density at radius 3 is 2.67 bits per heavy atom. The standard InChI is InChI=1S/C19H22N6O6S2/c1-11-7-24(19(28)21-18(11)27)17-6-15(16(9-26)31-17)25-8-12(22-23-25)10-32-13-2-4-14(5-3-13)33(20,29)30/h2-5,7-8,15-17,26H,6,9-10H2,1H3,(H2,20,29,30)(H,21,27,28)/t15-,16+,17+/m0/s1. The van der Waals surface area contributed by atoms with Crippen LogP contribution in [0, 0.1) is 6.92 Å². The summed E-state index contributed by atoms with van der Waals surface area (Å²) in [5.41, 5.74) is 0.00589. The molecule has 0 saturated carbocycles. The first-order valence-corrected chi connectivity index (χ1v) is 12.4. The van der Waals surface area contributed by atoms with Gasteiger partial charge in [-0.1, -0.05) is 5.21 Å². The molecule has 3 atom stereocenters. The monoisotopic (exact) mass is 494 g/mol. The summed E-state index contributed by atoms with van der Waals surface area (Å²) in [5.74, 6) is 0.480. The number of benzene rings is 1. The van der Waals surface area contributed by atoms with E-state index in [1.807, 2.05) is 0 Å². The molecule has 3 aromatic rings. The van der Waals surface area contributed by atoms with Gasteiger partial charge in [0.2, 0.25) is 10.0 Å². The highest BCUT2D eigenvalue weighted by Crippen LogP contribution is 2.36. The summed E-state index contributed by atoms with van der Waals surface area (Å²) >= 11 is 1.45. The topological polar surface area (TPSA) is 175 Å². The number of nitrogens with zero attached hydrogens (tertiary/aromatic N) is 4. The van der Waals surface area contributed by atoms with Crippen LogP contribution in [0.4, 0.5) is 0 Å². The summed E-state index contributed by atoms with van der Waals surface area (Å²) in [6, 6.07) is 5.85. The van der Waals surface area contributed by atoms with Gasteiger partial charge in [0.15, 0.2) is 0 Å². The number of hydrogen-bond acceptors (Lipinski definition) is 9. The number of hydrogen-bond donors (Lipinski definition) is 3. The molecular weight excluding hydrogens is 472 g/mol. The van der Waals surface area contributed by atoms with Crippen LogP contribution in [0.2, 0.25) is 0 Å². The summed E-state index contributed by atoms with van der Waals surface area (Å²) in [4.78, 5) is 27.0. The molecule has 12 nitrogen and oxygen atoms in total. The highest BCUT2D eigenvalue weighted by Gasteiger charge is 2.38. The van der Waals surface area contributed by atoms with Gasteiger partial charge >= 0.3 is 5.69 Å². The minimum Gasteiger partial charge on any atom is -0.394 e. The average molecular weight is 495 g/mol. The number of thioether (sulfide) groups is 1. The van der Waals surface area contributed by atoms with Gasteiger partial charge < -0.3 is 9.84 Å². The number of aromatic nitrogens is 5. The summed E-state index contributed by atoms with van der Waals surface area (Å²) in [5, 5.41) is 23.2. The van der Waals surface area contributed by atoms with Crippen LogP contribution in [0.3, 0.4) is 0 Å². The Morgan fingerprint density at radius 1 is 1.27 bits per heavy atom. The van der Waals surface area contributed by atoms with Crippen molar-refractivity contribution in [2.24, 2.45) is 5.14 Å². The molecule has 4 N–H and O–H groups in total. The number of aryl methyl sites for hydroxylation is 1. The van der Waals surface area contributed by atoms with Crippen molar-refractivity contribution in [1.29, 1.82) is 0 Å². The zero-order valence-electron chi connectivity index (χ0n) is 17.5. The minimum atomic E-state index is -3.74. The normalized spacial score (nSPS) is 20.9. The number of sulfonamides is 1. The van der Waals surface area contributed by atoms with Gasteiger partial charge in [-0.15, -0.1) is 16.9 Å². The first kappa shape index (κ1) is 23.4. The molecule has 1 aliphatic rings. The van der Waals surface area contributed by atoms with Gasteiger partial charge in [0.25, 0.3) is 5.56 Å². The number of H-pyrrole nitrogens is 1. The molecule has 0 unspecified atom stereocenters. The molecule has 14 heteroatoms. The van der Waals surface area contributed by atoms with E-state index in [0.717, 1.165) is 4.90 Å². The van der Waals surface area contributed by atoms with E-state index in [-0.39, 0.29) is 17.5 Å². The van der Waals surface area contributed by atoms with E-state index < -0.39 is 33.6 Å². The van der Waals surface area contributed by atoms with Crippen LogP contribution in [0.1, 0.15) is 29.9 Å². The number of aromatic amines is 1. The molecule has 176 valence electrons. The third-order valence-electron chi connectivity index (χ3n) is 5.28. The van der Waals surface area contributed by atoms with Gasteiger partial charge in [-0.3, -0.25) is 14.3 Å². The molecule has 2 aromatic heterocycles. The van der Waals surface area contributed by atoms with E-state index in [1.54, 1.807) is 29.9 Å². The Morgan fingerprint density at radius 2 is 2.00 bits per heavy atom. The summed E-state index contributed by atoms with van der Waals surface area (Å²) in [6.45, 7) is 1.31. The molecule has 3 heterocycles. The second-order valence-electron chi connectivity index (χ2n) is 7.59. The minimum absolute atomic E-state index is 0.0421. The lowest BCUT2D eigenvalue weighted by Gasteiger charge is -2.15. The average Bonchev–Trinajstić information content (AvgIpc) is 3.41. The third-order valence-corrected chi connectivity index (χ3v) is 7.25. The maximum absolute atomic E-state index is 12.2. The Hall–Kier alpha value is -2.78. The van der Waals surface area contributed by atoms with Crippen molar-refractivity contribution < 1.29 is 18.3 Å². The summed E-state index contributed by atoms with van der Waals surface area (Å²) in [7, 11) is -3.74. The maximum Gasteiger partial charge on any atom is 0.330 e.